The number of hydrogen-bond donors (Lipinski definition) is 0. The molecule has 1 aromatic heterocycles. The van der Waals surface area contributed by atoms with E-state index >= 15 is 0 Å². The smallest absolute Gasteiger partial charge is 0.0364 e. The summed E-state index contributed by atoms with van der Waals surface area (Å²) in [6.07, 6.45) is 0. The van der Waals surface area contributed by atoms with Crippen LogP contribution in [0, 0.1) is 6.92 Å². The van der Waals surface area contributed by atoms with Crippen LogP contribution in [0.15, 0.2) is 54.6 Å². The molecule has 0 N–H and O–H groups in total. The molecule has 0 saturated carbocycles. The Morgan fingerprint density at radius 1 is 0.722 bits per heavy atom. The molecule has 0 aliphatic heterocycles. The summed E-state index contributed by atoms with van der Waals surface area (Å²) in [5, 5.41) is 5.55. The summed E-state index contributed by atoms with van der Waals surface area (Å²) in [7, 11) is 0. The fourth-order valence-corrected chi connectivity index (χ4v) is 3.98. The van der Waals surface area contributed by atoms with Gasteiger partial charge in [0.25, 0.3) is 0 Å². The number of hydrogen-bond acceptors (Lipinski definition) is 1. The van der Waals surface area contributed by atoms with Crippen molar-refractivity contribution >= 4 is 42.3 Å². The average molecular weight is 248 g/mol. The van der Waals surface area contributed by atoms with E-state index in [2.05, 4.69) is 61.5 Å². The van der Waals surface area contributed by atoms with Crippen molar-refractivity contribution in [2.75, 3.05) is 0 Å². The van der Waals surface area contributed by atoms with Gasteiger partial charge >= 0.3 is 0 Å². The van der Waals surface area contributed by atoms with Crippen molar-refractivity contribution in [2.24, 2.45) is 0 Å². The second kappa shape index (κ2) is 3.56. The van der Waals surface area contributed by atoms with Crippen LogP contribution in [-0.4, -0.2) is 0 Å². The second-order valence-electron chi connectivity index (χ2n) is 4.71. The van der Waals surface area contributed by atoms with Gasteiger partial charge < -0.3 is 0 Å². The first-order valence-electron chi connectivity index (χ1n) is 6.14. The van der Waals surface area contributed by atoms with Crippen molar-refractivity contribution in [3.63, 3.8) is 0 Å². The maximum Gasteiger partial charge on any atom is 0.0364 e. The molecular weight excluding hydrogens is 236 g/mol. The highest BCUT2D eigenvalue weighted by atomic mass is 32.1. The van der Waals surface area contributed by atoms with Gasteiger partial charge in [-0.2, -0.15) is 0 Å². The van der Waals surface area contributed by atoms with E-state index in [1.807, 2.05) is 11.3 Å². The molecule has 0 atom stereocenters. The number of aryl methyl sites for hydroxylation is 1. The zero-order chi connectivity index (χ0) is 12.1. The molecular formula is C17H12S. The van der Waals surface area contributed by atoms with Gasteiger partial charge in [-0.3, -0.25) is 0 Å². The first kappa shape index (κ1) is 10.1. The van der Waals surface area contributed by atoms with Gasteiger partial charge in [0.05, 0.1) is 0 Å². The molecule has 0 fully saturated rings. The van der Waals surface area contributed by atoms with Gasteiger partial charge in [0.15, 0.2) is 0 Å². The third-order valence-corrected chi connectivity index (χ3v) is 4.71. The van der Waals surface area contributed by atoms with Crippen molar-refractivity contribution in [1.82, 2.24) is 0 Å². The molecule has 4 rings (SSSR count). The summed E-state index contributed by atoms with van der Waals surface area (Å²) in [6.45, 7) is 2.20. The Balaban J connectivity index is 2.39. The Hall–Kier alpha value is -1.86. The van der Waals surface area contributed by atoms with E-state index in [4.69, 9.17) is 0 Å². The lowest BCUT2D eigenvalue weighted by molar-refractivity contribution is 1.57. The normalized spacial score (nSPS) is 11.6. The summed E-state index contributed by atoms with van der Waals surface area (Å²) in [4.78, 5) is 0. The summed E-state index contributed by atoms with van der Waals surface area (Å²) in [6, 6.07) is 19.7. The minimum atomic E-state index is 1.37. The molecule has 0 spiro atoms. The summed E-state index contributed by atoms with van der Waals surface area (Å²) < 4.78 is 2.77. The summed E-state index contributed by atoms with van der Waals surface area (Å²) in [5.74, 6) is 0. The largest absolute Gasteiger partial charge is 0.135 e. The minimum Gasteiger partial charge on any atom is -0.135 e. The molecule has 18 heavy (non-hydrogen) atoms. The molecule has 0 amide bonds. The van der Waals surface area contributed by atoms with E-state index < -0.39 is 0 Å². The van der Waals surface area contributed by atoms with Crippen molar-refractivity contribution in [3.05, 3.63) is 60.2 Å². The standard InChI is InChI=1S/C17H12S/c1-11-10-16-17(13-7-3-2-6-12(11)13)14-8-4-5-9-15(14)18-16/h2-10H,1H3. The summed E-state index contributed by atoms with van der Waals surface area (Å²) >= 11 is 1.89. The molecule has 0 unspecified atom stereocenters. The topological polar surface area (TPSA) is 0 Å². The molecule has 4 aromatic rings. The maximum absolute atomic E-state index is 2.32. The molecule has 86 valence electrons. The second-order valence-corrected chi connectivity index (χ2v) is 5.79. The molecule has 0 radical (unpaired) electrons. The fourth-order valence-electron chi connectivity index (χ4n) is 2.76. The van der Waals surface area contributed by atoms with Crippen molar-refractivity contribution in [2.45, 2.75) is 6.92 Å². The quantitative estimate of drug-likeness (QED) is 0.384. The van der Waals surface area contributed by atoms with Crippen molar-refractivity contribution in [3.8, 4) is 0 Å². The Kier molecular flexibility index (Phi) is 2.00. The third kappa shape index (κ3) is 1.25. The van der Waals surface area contributed by atoms with E-state index in [0.717, 1.165) is 0 Å². The van der Waals surface area contributed by atoms with Crippen LogP contribution in [0.2, 0.25) is 0 Å². The van der Waals surface area contributed by atoms with Crippen LogP contribution in [0.25, 0.3) is 30.9 Å². The van der Waals surface area contributed by atoms with Crippen LogP contribution in [0.4, 0.5) is 0 Å². The highest BCUT2D eigenvalue weighted by molar-refractivity contribution is 7.26. The molecule has 3 aromatic carbocycles. The van der Waals surface area contributed by atoms with Gasteiger partial charge in [-0.1, -0.05) is 42.5 Å². The maximum atomic E-state index is 2.32. The zero-order valence-electron chi connectivity index (χ0n) is 10.1. The van der Waals surface area contributed by atoms with Gasteiger partial charge in [-0.05, 0) is 35.4 Å². The predicted molar refractivity (Wildman–Crippen MR) is 81.6 cm³/mol. The number of rotatable bonds is 0. The van der Waals surface area contributed by atoms with Crippen LogP contribution < -0.4 is 0 Å². The van der Waals surface area contributed by atoms with Crippen LogP contribution in [0.5, 0.6) is 0 Å². The number of benzene rings is 3. The zero-order valence-corrected chi connectivity index (χ0v) is 10.9. The van der Waals surface area contributed by atoms with Crippen molar-refractivity contribution < 1.29 is 0 Å². The van der Waals surface area contributed by atoms with Crippen LogP contribution in [-0.2, 0) is 0 Å². The van der Waals surface area contributed by atoms with Gasteiger partial charge in [-0.25, -0.2) is 0 Å². The molecule has 0 aliphatic rings. The Morgan fingerprint density at radius 3 is 2.22 bits per heavy atom. The van der Waals surface area contributed by atoms with Gasteiger partial charge in [0.1, 0.15) is 0 Å². The van der Waals surface area contributed by atoms with Crippen LogP contribution in [0.3, 0.4) is 0 Å². The van der Waals surface area contributed by atoms with Crippen LogP contribution >= 0.6 is 11.3 Å². The Bertz CT molecular complexity index is 884. The number of thiophene rings is 1. The lowest BCUT2D eigenvalue weighted by atomic mass is 10.0. The van der Waals surface area contributed by atoms with Gasteiger partial charge in [0.2, 0.25) is 0 Å². The van der Waals surface area contributed by atoms with E-state index in [0.29, 0.717) is 0 Å². The number of fused-ring (bicyclic) bond motifs is 5. The van der Waals surface area contributed by atoms with Crippen molar-refractivity contribution in [1.29, 1.82) is 0 Å². The van der Waals surface area contributed by atoms with Gasteiger partial charge in [0, 0.05) is 20.2 Å². The first-order chi connectivity index (χ1) is 8.84. The molecule has 0 bridgehead atoms. The SMILES string of the molecule is Cc1cc2sc3ccccc3c2c2ccccc12. The highest BCUT2D eigenvalue weighted by Gasteiger charge is 2.09. The summed E-state index contributed by atoms with van der Waals surface area (Å²) in [5.41, 5.74) is 1.37. The van der Waals surface area contributed by atoms with E-state index in [1.54, 1.807) is 0 Å². The Morgan fingerprint density at radius 2 is 1.39 bits per heavy atom. The third-order valence-electron chi connectivity index (χ3n) is 3.59. The monoisotopic (exact) mass is 248 g/mol. The fraction of sp³-hybridized carbons (Fsp3) is 0.0588. The van der Waals surface area contributed by atoms with Crippen LogP contribution in [0.1, 0.15) is 5.56 Å². The van der Waals surface area contributed by atoms with Gasteiger partial charge in [-0.15, -0.1) is 11.3 Å². The first-order valence-corrected chi connectivity index (χ1v) is 6.96. The molecule has 1 heteroatoms. The van der Waals surface area contributed by atoms with E-state index in [9.17, 15) is 0 Å². The molecule has 0 nitrogen and oxygen atoms in total. The average Bonchev–Trinajstić information content (AvgIpc) is 2.77. The van der Waals surface area contributed by atoms with E-state index in [-0.39, 0.29) is 0 Å². The minimum absolute atomic E-state index is 1.37. The molecule has 0 saturated heterocycles. The lowest BCUT2D eigenvalue weighted by Crippen LogP contribution is -1.78. The Labute approximate surface area is 109 Å². The molecule has 1 heterocycles. The lowest BCUT2D eigenvalue weighted by Gasteiger charge is -2.04. The van der Waals surface area contributed by atoms with E-state index in [1.165, 1.54) is 36.5 Å². The predicted octanol–water partition coefficient (Wildman–Crippen LogP) is 5.52. The highest BCUT2D eigenvalue weighted by Crippen LogP contribution is 2.39. The molecule has 0 aliphatic carbocycles.